The van der Waals surface area contributed by atoms with Crippen LogP contribution >= 0.6 is 11.6 Å². The third kappa shape index (κ3) is 5.07. The highest BCUT2D eigenvalue weighted by atomic mass is 35.5. The van der Waals surface area contributed by atoms with Crippen molar-refractivity contribution in [2.24, 2.45) is 9.98 Å². The van der Waals surface area contributed by atoms with Crippen LogP contribution in [0, 0.1) is 18.6 Å². The van der Waals surface area contributed by atoms with Gasteiger partial charge < -0.3 is 14.6 Å². The molecule has 0 aliphatic carbocycles. The molecule has 0 unspecified atom stereocenters. The maximum absolute atomic E-state index is 15.1. The molecule has 0 spiro atoms. The summed E-state index contributed by atoms with van der Waals surface area (Å²) in [6.07, 6.45) is 8.77. The summed E-state index contributed by atoms with van der Waals surface area (Å²) in [5.41, 5.74) is 3.38. The number of aryl methyl sites for hydroxylation is 1. The number of guanidine groups is 1. The van der Waals surface area contributed by atoms with Gasteiger partial charge in [0.25, 0.3) is 0 Å². The second-order valence-corrected chi connectivity index (χ2v) is 7.96. The Labute approximate surface area is 201 Å². The van der Waals surface area contributed by atoms with Crippen LogP contribution in [0.25, 0.3) is 11.3 Å². The summed E-state index contributed by atoms with van der Waals surface area (Å²) in [5, 5.41) is 3.34. The molecule has 1 N–H and O–H groups in total. The summed E-state index contributed by atoms with van der Waals surface area (Å²) in [7, 11) is 1.47. The van der Waals surface area contributed by atoms with Crippen LogP contribution in [0.5, 0.6) is 5.75 Å². The molecule has 174 valence electrons. The number of rotatable bonds is 4. The Balaban J connectivity index is 1.68. The smallest absolute Gasteiger partial charge is 0.223 e. The fourth-order valence-electron chi connectivity index (χ4n) is 3.52. The Morgan fingerprint density at radius 2 is 1.97 bits per heavy atom. The quantitative estimate of drug-likeness (QED) is 0.497. The minimum Gasteiger partial charge on any atom is -0.494 e. The molecule has 9 heteroatoms. The molecule has 2 aromatic carbocycles. The van der Waals surface area contributed by atoms with E-state index < -0.39 is 11.6 Å². The maximum Gasteiger partial charge on any atom is 0.223 e. The van der Waals surface area contributed by atoms with Crippen molar-refractivity contribution in [2.75, 3.05) is 19.0 Å². The number of anilines is 1. The molecule has 0 bridgehead atoms. The average molecular weight is 482 g/mol. The number of hydrogen-bond donors (Lipinski definition) is 1. The van der Waals surface area contributed by atoms with Gasteiger partial charge in [0, 0.05) is 34.8 Å². The highest BCUT2D eigenvalue weighted by Crippen LogP contribution is 2.31. The molecule has 6 nitrogen and oxygen atoms in total. The van der Waals surface area contributed by atoms with E-state index in [4.69, 9.17) is 16.3 Å². The number of ether oxygens (including phenoxy) is 1. The van der Waals surface area contributed by atoms with Crippen molar-refractivity contribution in [3.63, 3.8) is 0 Å². The van der Waals surface area contributed by atoms with E-state index in [1.54, 1.807) is 29.8 Å². The maximum atomic E-state index is 15.1. The number of hydrogen-bond acceptors (Lipinski definition) is 5. The summed E-state index contributed by atoms with van der Waals surface area (Å²) >= 11 is 6.28. The lowest BCUT2D eigenvalue weighted by atomic mass is 10.0. The highest BCUT2D eigenvalue weighted by Gasteiger charge is 2.16. The number of nitrogens with zero attached hydrogens (tertiary/aromatic N) is 4. The normalized spacial score (nSPS) is 19.4. The standard InChI is InChI=1S/C25H22ClF2N5O/c1-15-13-33(14-30-15)24-22(28)11-18(12-23(24)34-3)32-25-29-9-5-4-6-19(16(2)31-25)20-8-7-17(27)10-21(20)26/h4-8,10-14H,9H2,1-3H3,(H,29,32)/b5-4-,19-6-,31-16+. The predicted molar refractivity (Wildman–Crippen MR) is 132 cm³/mol. The molecule has 1 aromatic heterocycles. The summed E-state index contributed by atoms with van der Waals surface area (Å²) in [6.45, 7) is 3.97. The molecule has 2 heterocycles. The van der Waals surface area contributed by atoms with Gasteiger partial charge in [0.05, 0.1) is 30.7 Å². The van der Waals surface area contributed by atoms with Crippen LogP contribution in [0.1, 0.15) is 18.2 Å². The molecule has 0 saturated heterocycles. The lowest BCUT2D eigenvalue weighted by molar-refractivity contribution is 0.409. The van der Waals surface area contributed by atoms with E-state index in [2.05, 4.69) is 20.3 Å². The van der Waals surface area contributed by atoms with Gasteiger partial charge in [-0.15, -0.1) is 0 Å². The first kappa shape index (κ1) is 23.4. The fraction of sp³-hybridized carbons (Fsp3) is 0.160. The summed E-state index contributed by atoms with van der Waals surface area (Å²) < 4.78 is 35.6. The zero-order chi connectivity index (χ0) is 24.2. The predicted octanol–water partition coefficient (Wildman–Crippen LogP) is 6.00. The number of aromatic nitrogens is 2. The van der Waals surface area contributed by atoms with E-state index in [1.807, 2.05) is 25.2 Å². The number of allylic oxidation sites excluding steroid dienone is 3. The molecular formula is C25H22ClF2N5O. The number of aliphatic imine (C=N–C) groups is 2. The van der Waals surface area contributed by atoms with Crippen LogP contribution < -0.4 is 10.1 Å². The molecule has 1 aliphatic rings. The second kappa shape index (κ2) is 10.0. The third-order valence-corrected chi connectivity index (χ3v) is 5.42. The molecule has 3 aromatic rings. The molecule has 4 rings (SSSR count). The number of imidazole rings is 1. The fourth-order valence-corrected chi connectivity index (χ4v) is 3.79. The third-order valence-electron chi connectivity index (χ3n) is 5.10. The van der Waals surface area contributed by atoms with Crippen LogP contribution in [0.15, 0.2) is 71.1 Å². The number of benzene rings is 2. The SMILES string of the molecule is COc1cc(NC2=N\C\C=C/C=C(c3ccc(F)cc3Cl)/C(C)=N/2)cc(F)c1-n1cnc(C)c1. The van der Waals surface area contributed by atoms with E-state index in [0.29, 0.717) is 34.8 Å². The van der Waals surface area contributed by atoms with Gasteiger partial charge in [0.15, 0.2) is 5.82 Å². The van der Waals surface area contributed by atoms with Crippen LogP contribution in [0.3, 0.4) is 0 Å². The van der Waals surface area contributed by atoms with E-state index in [0.717, 1.165) is 5.69 Å². The van der Waals surface area contributed by atoms with E-state index in [1.165, 1.54) is 31.6 Å². The summed E-state index contributed by atoms with van der Waals surface area (Å²) in [6, 6.07) is 7.22. The van der Waals surface area contributed by atoms with Gasteiger partial charge in [-0.25, -0.2) is 23.7 Å². The number of methoxy groups -OCH3 is 1. The van der Waals surface area contributed by atoms with Crippen LogP contribution in [0.2, 0.25) is 5.02 Å². The number of nitrogens with one attached hydrogen (secondary N) is 1. The molecular weight excluding hydrogens is 460 g/mol. The van der Waals surface area contributed by atoms with Crippen molar-refractivity contribution in [3.05, 3.63) is 89.0 Å². The second-order valence-electron chi connectivity index (χ2n) is 7.55. The van der Waals surface area contributed by atoms with Crippen molar-refractivity contribution in [1.29, 1.82) is 0 Å². The van der Waals surface area contributed by atoms with Gasteiger partial charge in [-0.05, 0) is 38.1 Å². The van der Waals surface area contributed by atoms with Gasteiger partial charge >= 0.3 is 0 Å². The van der Waals surface area contributed by atoms with Crippen LogP contribution in [0.4, 0.5) is 14.5 Å². The first-order chi connectivity index (χ1) is 16.4. The summed E-state index contributed by atoms with van der Waals surface area (Å²) in [5.74, 6) is -0.317. The van der Waals surface area contributed by atoms with Gasteiger partial charge in [0.1, 0.15) is 17.3 Å². The topological polar surface area (TPSA) is 63.8 Å². The van der Waals surface area contributed by atoms with E-state index >= 15 is 4.39 Å². The first-order valence-electron chi connectivity index (χ1n) is 10.4. The average Bonchev–Trinajstić information content (AvgIpc) is 3.24. The van der Waals surface area contributed by atoms with Crippen molar-refractivity contribution < 1.29 is 13.5 Å². The van der Waals surface area contributed by atoms with Crippen molar-refractivity contribution >= 4 is 34.5 Å². The lowest BCUT2D eigenvalue weighted by Gasteiger charge is -2.14. The van der Waals surface area contributed by atoms with Gasteiger partial charge in [-0.2, -0.15) is 0 Å². The van der Waals surface area contributed by atoms with Crippen molar-refractivity contribution in [3.8, 4) is 11.4 Å². The molecule has 34 heavy (non-hydrogen) atoms. The van der Waals surface area contributed by atoms with Gasteiger partial charge in [-0.1, -0.05) is 29.8 Å². The molecule has 0 radical (unpaired) electrons. The Bertz CT molecular complexity index is 1360. The summed E-state index contributed by atoms with van der Waals surface area (Å²) in [4.78, 5) is 13.2. The Morgan fingerprint density at radius 1 is 1.15 bits per heavy atom. The van der Waals surface area contributed by atoms with E-state index in [9.17, 15) is 4.39 Å². The highest BCUT2D eigenvalue weighted by molar-refractivity contribution is 6.36. The Morgan fingerprint density at radius 3 is 2.68 bits per heavy atom. The zero-order valence-electron chi connectivity index (χ0n) is 18.8. The molecule has 0 saturated carbocycles. The van der Waals surface area contributed by atoms with Crippen LogP contribution in [-0.2, 0) is 0 Å². The zero-order valence-corrected chi connectivity index (χ0v) is 19.6. The molecule has 0 atom stereocenters. The molecule has 0 amide bonds. The monoisotopic (exact) mass is 481 g/mol. The molecule has 0 fully saturated rings. The van der Waals surface area contributed by atoms with Gasteiger partial charge in [0.2, 0.25) is 5.96 Å². The van der Waals surface area contributed by atoms with Crippen molar-refractivity contribution in [2.45, 2.75) is 13.8 Å². The van der Waals surface area contributed by atoms with Gasteiger partial charge in [-0.3, -0.25) is 0 Å². The van der Waals surface area contributed by atoms with Crippen LogP contribution in [-0.4, -0.2) is 34.9 Å². The Kier molecular flexibility index (Phi) is 6.88. The number of halogens is 3. The largest absolute Gasteiger partial charge is 0.494 e. The Hall–Kier alpha value is -3.78. The minimum absolute atomic E-state index is 0.254. The first-order valence-corrected chi connectivity index (χ1v) is 10.8. The van der Waals surface area contributed by atoms with Crippen molar-refractivity contribution in [1.82, 2.24) is 9.55 Å². The molecule has 1 aliphatic heterocycles. The lowest BCUT2D eigenvalue weighted by Crippen LogP contribution is -2.14. The van der Waals surface area contributed by atoms with E-state index in [-0.39, 0.29) is 16.7 Å². The minimum atomic E-state index is -0.498.